The minimum atomic E-state index is -4.08. The van der Waals surface area contributed by atoms with E-state index in [0.717, 1.165) is 7.11 Å². The van der Waals surface area contributed by atoms with Crippen LogP contribution in [0.25, 0.3) is 0 Å². The van der Waals surface area contributed by atoms with Crippen LogP contribution >= 0.6 is 0 Å². The Balaban J connectivity index is 2.79. The summed E-state index contributed by atoms with van der Waals surface area (Å²) < 4.78 is 33.2. The van der Waals surface area contributed by atoms with E-state index in [4.69, 9.17) is 14.6 Å². The maximum atomic E-state index is 12.3. The molecule has 2 rings (SSSR count). The third kappa shape index (κ3) is 3.78. The molecule has 8 nitrogen and oxygen atoms in total. The van der Waals surface area contributed by atoms with E-state index in [9.17, 15) is 18.0 Å². The first kappa shape index (κ1) is 18.4. The molecule has 0 atom stereocenters. The fourth-order valence-corrected chi connectivity index (χ4v) is 2.97. The van der Waals surface area contributed by atoms with Gasteiger partial charge in [0.05, 0.1) is 25.5 Å². The van der Waals surface area contributed by atoms with Gasteiger partial charge in [0.2, 0.25) is 10.0 Å². The monoisotopic (exact) mass is 364 g/mol. The molecule has 0 radical (unpaired) electrons. The Bertz CT molecular complexity index is 899. The number of esters is 2. The molecule has 1 aromatic carbocycles. The van der Waals surface area contributed by atoms with Crippen LogP contribution in [-0.4, -0.2) is 34.6 Å². The van der Waals surface area contributed by atoms with E-state index in [1.807, 2.05) is 0 Å². The molecule has 2 N–H and O–H groups in total. The van der Waals surface area contributed by atoms with Crippen LogP contribution in [0.1, 0.15) is 0 Å². The molecule has 0 aliphatic carbocycles. The van der Waals surface area contributed by atoms with Crippen molar-refractivity contribution in [3.8, 4) is 0 Å². The van der Waals surface area contributed by atoms with Crippen LogP contribution in [0.15, 0.2) is 64.9 Å². The lowest BCUT2D eigenvalue weighted by atomic mass is 10.1. The average molecular weight is 364 g/mol. The molecule has 0 bridgehead atoms. The minimum absolute atomic E-state index is 0.0896. The van der Waals surface area contributed by atoms with Gasteiger partial charge in [0.15, 0.2) is 0 Å². The summed E-state index contributed by atoms with van der Waals surface area (Å²) in [5, 5.41) is 5.26. The topological polar surface area (TPSA) is 116 Å². The average Bonchev–Trinajstić information content (AvgIpc) is 2.82. The lowest BCUT2D eigenvalue weighted by Gasteiger charge is -2.24. The van der Waals surface area contributed by atoms with E-state index < -0.39 is 22.0 Å². The Labute approximate surface area is 144 Å². The Kier molecular flexibility index (Phi) is 5.40. The number of hydrogen-bond acceptors (Lipinski definition) is 7. The van der Waals surface area contributed by atoms with Gasteiger partial charge in [0.1, 0.15) is 10.6 Å². The summed E-state index contributed by atoms with van der Waals surface area (Å²) >= 11 is 0. The third-order valence-electron chi connectivity index (χ3n) is 3.32. The normalized spacial score (nSPS) is 14.3. The van der Waals surface area contributed by atoms with Gasteiger partial charge in [-0.15, -0.1) is 0 Å². The predicted molar refractivity (Wildman–Crippen MR) is 89.6 cm³/mol. The van der Waals surface area contributed by atoms with Crippen LogP contribution in [0.3, 0.4) is 0 Å². The zero-order valence-electron chi connectivity index (χ0n) is 13.5. The summed E-state index contributed by atoms with van der Waals surface area (Å²) in [6, 6.07) is 5.81. The summed E-state index contributed by atoms with van der Waals surface area (Å²) in [5.41, 5.74) is -0.203. The van der Waals surface area contributed by atoms with Crippen molar-refractivity contribution in [3.63, 3.8) is 0 Å². The van der Waals surface area contributed by atoms with Crippen molar-refractivity contribution in [3.05, 3.63) is 60.0 Å². The van der Waals surface area contributed by atoms with Gasteiger partial charge >= 0.3 is 11.9 Å². The number of methoxy groups -OCH3 is 2. The van der Waals surface area contributed by atoms with Gasteiger partial charge in [-0.2, -0.15) is 0 Å². The van der Waals surface area contributed by atoms with Crippen LogP contribution in [-0.2, 0) is 29.1 Å². The fourth-order valence-electron chi connectivity index (χ4n) is 2.25. The molecule has 1 aliphatic rings. The molecule has 1 heterocycles. The van der Waals surface area contributed by atoms with Crippen molar-refractivity contribution < 1.29 is 27.5 Å². The molecule has 0 amide bonds. The van der Waals surface area contributed by atoms with E-state index in [1.54, 1.807) is 6.07 Å². The molecule has 1 aromatic rings. The number of ether oxygens (including phenoxy) is 2. The Hall–Kier alpha value is -2.91. The molecule has 9 heteroatoms. The first-order valence-electron chi connectivity index (χ1n) is 6.98. The zero-order chi connectivity index (χ0) is 18.6. The van der Waals surface area contributed by atoms with Crippen LogP contribution in [0.5, 0.6) is 0 Å². The number of nitrogens with two attached hydrogens (primary N) is 1. The van der Waals surface area contributed by atoms with E-state index in [2.05, 4.69) is 0 Å². The standard InChI is InChI=1S/C16H16N2O6S/c1-23-15(19)11-7-5-6-10-18(14(11)16(20)24-2)12-8-3-4-9-13(12)25(17,21)22/h3-10H,1-2H3,(H2,17,21,22). The Morgan fingerprint density at radius 3 is 2.28 bits per heavy atom. The fraction of sp³-hybridized carbons (Fsp3) is 0.125. The molecule has 0 aromatic heterocycles. The third-order valence-corrected chi connectivity index (χ3v) is 4.28. The first-order valence-corrected chi connectivity index (χ1v) is 8.52. The lowest BCUT2D eigenvalue weighted by molar-refractivity contribution is -0.139. The second-order valence-corrected chi connectivity index (χ2v) is 6.36. The number of para-hydroxylation sites is 1. The molecule has 1 aliphatic heterocycles. The predicted octanol–water partition coefficient (Wildman–Crippen LogP) is 0.824. The number of carbonyl (C=O) groups is 2. The summed E-state index contributed by atoms with van der Waals surface area (Å²) in [6.07, 6.45) is 5.82. The van der Waals surface area contributed by atoms with Crippen LogP contribution < -0.4 is 10.0 Å². The minimum Gasteiger partial charge on any atom is -0.465 e. The molecule has 25 heavy (non-hydrogen) atoms. The number of sulfonamides is 1. The van der Waals surface area contributed by atoms with E-state index in [-0.39, 0.29) is 21.9 Å². The SMILES string of the molecule is COC(=O)C1=C(C(=O)OC)N(c2ccccc2S(N)(=O)=O)C=CC=C1. The van der Waals surface area contributed by atoms with Crippen molar-refractivity contribution in [2.45, 2.75) is 4.90 Å². The lowest BCUT2D eigenvalue weighted by Crippen LogP contribution is -2.28. The molecule has 0 spiro atoms. The number of anilines is 1. The Morgan fingerprint density at radius 1 is 1.04 bits per heavy atom. The second-order valence-electron chi connectivity index (χ2n) is 4.83. The number of allylic oxidation sites excluding steroid dienone is 2. The van der Waals surface area contributed by atoms with Crippen molar-refractivity contribution >= 4 is 27.6 Å². The number of primary sulfonamides is 1. The highest BCUT2D eigenvalue weighted by molar-refractivity contribution is 7.89. The van der Waals surface area contributed by atoms with Crippen molar-refractivity contribution in [2.75, 3.05) is 19.1 Å². The van der Waals surface area contributed by atoms with Gasteiger partial charge in [-0.1, -0.05) is 18.2 Å². The van der Waals surface area contributed by atoms with Gasteiger partial charge in [-0.05, 0) is 24.3 Å². The number of hydrogen-bond donors (Lipinski definition) is 1. The van der Waals surface area contributed by atoms with Crippen LogP contribution in [0.4, 0.5) is 5.69 Å². The van der Waals surface area contributed by atoms with E-state index in [0.29, 0.717) is 0 Å². The second kappa shape index (κ2) is 7.32. The summed E-state index contributed by atoms with van der Waals surface area (Å²) in [7, 11) is -1.77. The highest BCUT2D eigenvalue weighted by Gasteiger charge is 2.29. The highest BCUT2D eigenvalue weighted by Crippen LogP contribution is 2.31. The molecule has 0 saturated heterocycles. The van der Waals surface area contributed by atoms with Gasteiger partial charge in [-0.25, -0.2) is 23.1 Å². The zero-order valence-corrected chi connectivity index (χ0v) is 14.3. The highest BCUT2D eigenvalue weighted by atomic mass is 32.2. The Morgan fingerprint density at radius 2 is 1.68 bits per heavy atom. The molecular formula is C16H16N2O6S. The van der Waals surface area contributed by atoms with Gasteiger partial charge in [0, 0.05) is 6.20 Å². The molecule has 0 fully saturated rings. The first-order chi connectivity index (χ1) is 11.8. The molecule has 0 unspecified atom stereocenters. The van der Waals surface area contributed by atoms with Gasteiger partial charge in [-0.3, -0.25) is 0 Å². The van der Waals surface area contributed by atoms with Crippen molar-refractivity contribution in [1.29, 1.82) is 0 Å². The molecule has 0 saturated carbocycles. The maximum Gasteiger partial charge on any atom is 0.355 e. The molecular weight excluding hydrogens is 348 g/mol. The summed E-state index contributed by atoms with van der Waals surface area (Å²) in [6.45, 7) is 0. The number of carbonyl (C=O) groups excluding carboxylic acids is 2. The quantitative estimate of drug-likeness (QED) is 0.786. The van der Waals surface area contributed by atoms with Crippen LogP contribution in [0, 0.1) is 0 Å². The van der Waals surface area contributed by atoms with E-state index in [1.165, 1.54) is 54.6 Å². The smallest absolute Gasteiger partial charge is 0.355 e. The van der Waals surface area contributed by atoms with Gasteiger partial charge in [0.25, 0.3) is 0 Å². The van der Waals surface area contributed by atoms with Crippen molar-refractivity contribution in [1.82, 2.24) is 0 Å². The van der Waals surface area contributed by atoms with Gasteiger partial charge < -0.3 is 14.4 Å². The van der Waals surface area contributed by atoms with Crippen molar-refractivity contribution in [2.24, 2.45) is 5.14 Å². The summed E-state index contributed by atoms with van der Waals surface area (Å²) in [4.78, 5) is 25.4. The van der Waals surface area contributed by atoms with Crippen LogP contribution in [0.2, 0.25) is 0 Å². The number of rotatable bonds is 4. The maximum absolute atomic E-state index is 12.3. The number of benzene rings is 1. The number of nitrogens with zero attached hydrogens (tertiary/aromatic N) is 1. The molecule has 132 valence electrons. The van der Waals surface area contributed by atoms with E-state index >= 15 is 0 Å². The summed E-state index contributed by atoms with van der Waals surface area (Å²) in [5.74, 6) is -1.63. The largest absolute Gasteiger partial charge is 0.465 e.